The van der Waals surface area contributed by atoms with E-state index < -0.39 is 10.8 Å². The first kappa shape index (κ1) is 17.2. The van der Waals surface area contributed by atoms with Crippen LogP contribution in [0.5, 0.6) is 0 Å². The Hall–Kier alpha value is -2.25. The summed E-state index contributed by atoms with van der Waals surface area (Å²) in [6.07, 6.45) is 0. The molecule has 0 saturated heterocycles. The fourth-order valence-electron chi connectivity index (χ4n) is 2.95. The Morgan fingerprint density at radius 1 is 1.15 bits per heavy atom. The van der Waals surface area contributed by atoms with Gasteiger partial charge in [-0.1, -0.05) is 29.8 Å². The van der Waals surface area contributed by atoms with Crippen LogP contribution in [0.2, 0.25) is 0 Å². The van der Waals surface area contributed by atoms with Crippen LogP contribution in [-0.2, 0) is 22.3 Å². The van der Waals surface area contributed by atoms with Crippen LogP contribution < -0.4 is 5.32 Å². The molecule has 1 N–H and O–H groups in total. The molecular formula is C19H16BrN3O2S. The van der Waals surface area contributed by atoms with Crippen molar-refractivity contribution in [3.63, 3.8) is 0 Å². The van der Waals surface area contributed by atoms with Crippen molar-refractivity contribution in [2.24, 2.45) is 0 Å². The Kier molecular flexibility index (Phi) is 4.50. The maximum atomic E-state index is 12.8. The number of hydrogen-bond acceptors (Lipinski definition) is 3. The Bertz CT molecular complexity index is 1030. The average molecular weight is 430 g/mol. The fraction of sp³-hybridized carbons (Fsp3) is 0.158. The van der Waals surface area contributed by atoms with Gasteiger partial charge in [-0.05, 0) is 47.1 Å². The lowest BCUT2D eigenvalue weighted by Crippen LogP contribution is -2.17. The monoisotopic (exact) mass is 429 g/mol. The van der Waals surface area contributed by atoms with E-state index in [0.29, 0.717) is 22.9 Å². The summed E-state index contributed by atoms with van der Waals surface area (Å²) in [7, 11) is -0.967. The second kappa shape index (κ2) is 6.81. The number of carbonyl (C=O) groups is 1. The van der Waals surface area contributed by atoms with Crippen molar-refractivity contribution in [1.29, 1.82) is 0 Å². The van der Waals surface area contributed by atoms with Crippen LogP contribution in [-0.4, -0.2) is 19.9 Å². The van der Waals surface area contributed by atoms with Crippen LogP contribution in [0.15, 0.2) is 53.0 Å². The van der Waals surface area contributed by atoms with Gasteiger partial charge in [0.05, 0.1) is 28.5 Å². The lowest BCUT2D eigenvalue weighted by molar-refractivity contribution is 0.102. The maximum Gasteiger partial charge on any atom is 0.257 e. The normalized spacial score (nSPS) is 15.7. The van der Waals surface area contributed by atoms with E-state index in [1.54, 1.807) is 10.7 Å². The van der Waals surface area contributed by atoms with Gasteiger partial charge in [-0.25, -0.2) is 4.68 Å². The van der Waals surface area contributed by atoms with Crippen LogP contribution in [0, 0.1) is 6.92 Å². The molecule has 1 amide bonds. The van der Waals surface area contributed by atoms with E-state index in [1.165, 1.54) is 0 Å². The highest BCUT2D eigenvalue weighted by Crippen LogP contribution is 2.32. The van der Waals surface area contributed by atoms with Crippen molar-refractivity contribution in [2.75, 3.05) is 5.32 Å². The molecule has 1 atom stereocenters. The molecule has 2 aromatic carbocycles. The molecule has 1 aliphatic rings. The van der Waals surface area contributed by atoms with Gasteiger partial charge in [-0.15, -0.1) is 0 Å². The zero-order valence-electron chi connectivity index (χ0n) is 14.0. The zero-order chi connectivity index (χ0) is 18.3. The molecule has 132 valence electrons. The minimum atomic E-state index is -0.967. The molecule has 0 aliphatic carbocycles. The summed E-state index contributed by atoms with van der Waals surface area (Å²) in [6, 6.07) is 15.2. The van der Waals surface area contributed by atoms with E-state index in [-0.39, 0.29) is 5.91 Å². The third-order valence-electron chi connectivity index (χ3n) is 4.30. The number of carbonyl (C=O) groups excluding carboxylic acids is 1. The van der Waals surface area contributed by atoms with E-state index in [0.717, 1.165) is 27.0 Å². The molecule has 0 saturated carbocycles. The van der Waals surface area contributed by atoms with Gasteiger partial charge in [0, 0.05) is 20.8 Å². The molecular weight excluding hydrogens is 414 g/mol. The largest absolute Gasteiger partial charge is 0.306 e. The number of aromatic nitrogens is 2. The van der Waals surface area contributed by atoms with E-state index >= 15 is 0 Å². The van der Waals surface area contributed by atoms with Crippen LogP contribution in [0.3, 0.4) is 0 Å². The number of nitrogens with zero attached hydrogens (tertiary/aromatic N) is 2. The molecule has 0 bridgehead atoms. The second-order valence-corrected chi connectivity index (χ2v) is 8.50. The van der Waals surface area contributed by atoms with Crippen molar-refractivity contribution in [2.45, 2.75) is 18.4 Å². The lowest BCUT2D eigenvalue weighted by Gasteiger charge is -2.12. The number of amides is 1. The fourth-order valence-corrected chi connectivity index (χ4v) is 4.68. The molecule has 7 heteroatoms. The molecule has 0 unspecified atom stereocenters. The van der Waals surface area contributed by atoms with Crippen LogP contribution in [0.1, 0.15) is 27.2 Å². The Morgan fingerprint density at radius 3 is 2.62 bits per heavy atom. The number of anilines is 1. The summed E-state index contributed by atoms with van der Waals surface area (Å²) in [5.74, 6) is 1.19. The maximum absolute atomic E-state index is 12.8. The first-order valence-corrected chi connectivity index (χ1v) is 10.4. The van der Waals surface area contributed by atoms with Crippen molar-refractivity contribution in [1.82, 2.24) is 9.78 Å². The molecule has 4 rings (SSSR count). The van der Waals surface area contributed by atoms with Gasteiger partial charge >= 0.3 is 0 Å². The second-order valence-electron chi connectivity index (χ2n) is 6.18. The number of hydrogen-bond donors (Lipinski definition) is 1. The molecule has 26 heavy (non-hydrogen) atoms. The van der Waals surface area contributed by atoms with Gasteiger partial charge in [-0.3, -0.25) is 9.00 Å². The van der Waals surface area contributed by atoms with E-state index in [9.17, 15) is 9.00 Å². The predicted molar refractivity (Wildman–Crippen MR) is 106 cm³/mol. The third kappa shape index (κ3) is 3.12. The van der Waals surface area contributed by atoms with E-state index in [4.69, 9.17) is 0 Å². The summed E-state index contributed by atoms with van der Waals surface area (Å²) in [6.45, 7) is 2.02. The quantitative estimate of drug-likeness (QED) is 0.684. The molecule has 5 nitrogen and oxygen atoms in total. The number of aryl methyl sites for hydroxylation is 1. The molecule has 0 spiro atoms. The molecule has 1 aliphatic heterocycles. The molecule has 1 aromatic heterocycles. The van der Waals surface area contributed by atoms with Crippen molar-refractivity contribution < 1.29 is 9.00 Å². The summed E-state index contributed by atoms with van der Waals surface area (Å²) in [5.41, 5.74) is 4.18. The summed E-state index contributed by atoms with van der Waals surface area (Å²) in [4.78, 5) is 12.8. The number of fused-ring (bicyclic) bond motifs is 1. The smallest absolute Gasteiger partial charge is 0.257 e. The average Bonchev–Trinajstić information content (AvgIpc) is 3.13. The summed E-state index contributed by atoms with van der Waals surface area (Å²) in [5, 5.41) is 7.59. The van der Waals surface area contributed by atoms with Crippen LogP contribution in [0.25, 0.3) is 5.69 Å². The highest BCUT2D eigenvalue weighted by molar-refractivity contribution is 9.10. The summed E-state index contributed by atoms with van der Waals surface area (Å²) >= 11 is 3.41. The van der Waals surface area contributed by atoms with Crippen LogP contribution >= 0.6 is 15.9 Å². The molecule has 3 aromatic rings. The Balaban J connectivity index is 1.77. The summed E-state index contributed by atoms with van der Waals surface area (Å²) < 4.78 is 14.4. The number of rotatable bonds is 3. The first-order valence-electron chi connectivity index (χ1n) is 8.11. The van der Waals surface area contributed by atoms with Gasteiger partial charge in [-0.2, -0.15) is 5.10 Å². The van der Waals surface area contributed by atoms with Gasteiger partial charge in [0.2, 0.25) is 0 Å². The predicted octanol–water partition coefficient (Wildman–Crippen LogP) is 3.96. The first-order chi connectivity index (χ1) is 12.5. The number of halogens is 1. The van der Waals surface area contributed by atoms with Crippen LogP contribution in [0.4, 0.5) is 5.82 Å². The van der Waals surface area contributed by atoms with Gasteiger partial charge in [0.1, 0.15) is 5.82 Å². The standard InChI is InChI=1S/C19H16BrN3O2S/c1-12-6-8-13(9-7-12)23-18(15-10-26(25)11-17(15)22-23)21-19(24)14-4-2-3-5-16(14)20/h2-9H,10-11H2,1H3,(H,21,24)/t26-/m1/s1. The number of benzene rings is 2. The van der Waals surface area contributed by atoms with E-state index in [1.807, 2.05) is 49.4 Å². The highest BCUT2D eigenvalue weighted by atomic mass is 79.9. The minimum Gasteiger partial charge on any atom is -0.306 e. The van der Waals surface area contributed by atoms with Crippen molar-refractivity contribution in [3.8, 4) is 5.69 Å². The molecule has 0 fully saturated rings. The Morgan fingerprint density at radius 2 is 1.88 bits per heavy atom. The lowest BCUT2D eigenvalue weighted by atomic mass is 10.2. The Labute approximate surface area is 162 Å². The van der Waals surface area contributed by atoms with E-state index in [2.05, 4.69) is 26.3 Å². The zero-order valence-corrected chi connectivity index (χ0v) is 16.4. The van der Waals surface area contributed by atoms with Gasteiger partial charge in [0.15, 0.2) is 0 Å². The van der Waals surface area contributed by atoms with Crippen molar-refractivity contribution in [3.05, 3.63) is 75.4 Å². The van der Waals surface area contributed by atoms with Gasteiger partial charge < -0.3 is 5.32 Å². The van der Waals surface area contributed by atoms with Crippen molar-refractivity contribution >= 4 is 38.5 Å². The number of nitrogens with one attached hydrogen (secondary N) is 1. The molecule has 0 radical (unpaired) electrons. The topological polar surface area (TPSA) is 64.0 Å². The third-order valence-corrected chi connectivity index (χ3v) is 6.20. The van der Waals surface area contributed by atoms with Gasteiger partial charge in [0.25, 0.3) is 5.91 Å². The SMILES string of the molecule is Cc1ccc(-n2nc3c(c2NC(=O)c2ccccc2Br)C[S@@](=O)C3)cc1. The minimum absolute atomic E-state index is 0.230. The highest BCUT2D eigenvalue weighted by Gasteiger charge is 2.28. The molecule has 2 heterocycles.